The van der Waals surface area contributed by atoms with E-state index in [0.717, 1.165) is 4.68 Å². The topological polar surface area (TPSA) is 86.1 Å². The van der Waals surface area contributed by atoms with Gasteiger partial charge in [-0.2, -0.15) is 9.78 Å². The number of hydrogen-bond acceptors (Lipinski definition) is 5. The third-order valence-corrected chi connectivity index (χ3v) is 2.20. The molecule has 19 heavy (non-hydrogen) atoms. The van der Waals surface area contributed by atoms with Crippen LogP contribution in [-0.4, -0.2) is 32.9 Å². The minimum Gasteiger partial charge on any atom is -0.442 e. The maximum absolute atomic E-state index is 11.9. The monoisotopic (exact) mass is 262 g/mol. The molecule has 0 fully saturated rings. The highest BCUT2D eigenvalue weighted by molar-refractivity contribution is 5.87. The molecule has 0 aliphatic rings. The first kappa shape index (κ1) is 13.0. The summed E-state index contributed by atoms with van der Waals surface area (Å²) >= 11 is 0. The fraction of sp³-hybridized carbons (Fsp3) is 0.333. The lowest BCUT2D eigenvalue weighted by molar-refractivity contribution is -0.105. The standard InChI is InChI=1S/C12H14N4O3/c1-12(2,3)19-11(18)16-9-4-5-10(13-7-17)15-8(9)6-14-16/h4-7H,1-3H3,(H,13,15,17). The molecule has 0 aliphatic heterocycles. The molecule has 0 saturated carbocycles. The van der Waals surface area contributed by atoms with Gasteiger partial charge in [0.1, 0.15) is 16.9 Å². The van der Waals surface area contributed by atoms with Crippen LogP contribution in [-0.2, 0) is 9.53 Å². The van der Waals surface area contributed by atoms with Gasteiger partial charge in [0.25, 0.3) is 0 Å². The van der Waals surface area contributed by atoms with Crippen LogP contribution in [0.2, 0.25) is 0 Å². The molecule has 0 spiro atoms. The fourth-order valence-electron chi connectivity index (χ4n) is 1.51. The van der Waals surface area contributed by atoms with Crippen molar-refractivity contribution >= 4 is 29.4 Å². The van der Waals surface area contributed by atoms with Crippen molar-refractivity contribution in [1.82, 2.24) is 14.8 Å². The molecule has 7 nitrogen and oxygen atoms in total. The van der Waals surface area contributed by atoms with Gasteiger partial charge in [0, 0.05) is 0 Å². The maximum atomic E-state index is 11.9. The number of carbonyl (C=O) groups excluding carboxylic acids is 2. The summed E-state index contributed by atoms with van der Waals surface area (Å²) in [5, 5.41) is 6.38. The molecule has 2 aromatic heterocycles. The van der Waals surface area contributed by atoms with Crippen molar-refractivity contribution in [3.8, 4) is 0 Å². The third kappa shape index (κ3) is 2.87. The molecule has 1 N–H and O–H groups in total. The first-order valence-electron chi connectivity index (χ1n) is 5.69. The van der Waals surface area contributed by atoms with Gasteiger partial charge < -0.3 is 10.1 Å². The number of anilines is 1. The Morgan fingerprint density at radius 1 is 1.42 bits per heavy atom. The van der Waals surface area contributed by atoms with Gasteiger partial charge in [-0.3, -0.25) is 4.79 Å². The van der Waals surface area contributed by atoms with Crippen LogP contribution in [0.3, 0.4) is 0 Å². The number of hydrogen-bond donors (Lipinski definition) is 1. The van der Waals surface area contributed by atoms with Gasteiger partial charge in [0.2, 0.25) is 6.41 Å². The smallest absolute Gasteiger partial charge is 0.435 e. The molecule has 2 aromatic rings. The second-order valence-electron chi connectivity index (χ2n) is 4.90. The predicted octanol–water partition coefficient (Wildman–Crippen LogP) is 1.78. The van der Waals surface area contributed by atoms with Gasteiger partial charge in [-0.05, 0) is 32.9 Å². The molecule has 0 bridgehead atoms. The summed E-state index contributed by atoms with van der Waals surface area (Å²) < 4.78 is 6.37. The predicted molar refractivity (Wildman–Crippen MR) is 68.8 cm³/mol. The number of rotatable bonds is 2. The molecule has 0 atom stereocenters. The van der Waals surface area contributed by atoms with E-state index >= 15 is 0 Å². The average molecular weight is 262 g/mol. The number of ether oxygens (including phenoxy) is 1. The third-order valence-electron chi connectivity index (χ3n) is 2.20. The molecule has 2 heterocycles. The van der Waals surface area contributed by atoms with Gasteiger partial charge in [-0.25, -0.2) is 9.78 Å². The molecule has 0 aliphatic carbocycles. The number of pyridine rings is 1. The van der Waals surface area contributed by atoms with Crippen LogP contribution >= 0.6 is 0 Å². The van der Waals surface area contributed by atoms with Crippen molar-refractivity contribution < 1.29 is 14.3 Å². The van der Waals surface area contributed by atoms with E-state index in [1.54, 1.807) is 32.9 Å². The van der Waals surface area contributed by atoms with E-state index in [1.165, 1.54) is 6.20 Å². The number of nitrogens with zero attached hydrogens (tertiary/aromatic N) is 3. The van der Waals surface area contributed by atoms with Gasteiger partial charge >= 0.3 is 6.09 Å². The molecule has 7 heteroatoms. The Hall–Kier alpha value is -2.44. The molecule has 100 valence electrons. The highest BCUT2D eigenvalue weighted by Gasteiger charge is 2.20. The summed E-state index contributed by atoms with van der Waals surface area (Å²) in [6.07, 6.45) is 1.40. The van der Waals surface area contributed by atoms with E-state index < -0.39 is 11.7 Å². The van der Waals surface area contributed by atoms with Crippen LogP contribution in [0.15, 0.2) is 18.3 Å². The van der Waals surface area contributed by atoms with Crippen molar-refractivity contribution in [2.45, 2.75) is 26.4 Å². The van der Waals surface area contributed by atoms with E-state index in [-0.39, 0.29) is 0 Å². The highest BCUT2D eigenvalue weighted by atomic mass is 16.6. The molecule has 0 radical (unpaired) electrons. The van der Waals surface area contributed by atoms with Crippen molar-refractivity contribution in [3.05, 3.63) is 18.3 Å². The minimum atomic E-state index is -0.595. The van der Waals surface area contributed by atoms with Crippen molar-refractivity contribution in [2.24, 2.45) is 0 Å². The Kier molecular flexibility index (Phi) is 3.20. The second kappa shape index (κ2) is 4.68. The maximum Gasteiger partial charge on any atom is 0.435 e. The molecular weight excluding hydrogens is 248 g/mol. The van der Waals surface area contributed by atoms with Crippen molar-refractivity contribution in [2.75, 3.05) is 5.32 Å². The lowest BCUT2D eigenvalue weighted by Gasteiger charge is -2.19. The van der Waals surface area contributed by atoms with Crippen LogP contribution in [0.25, 0.3) is 11.0 Å². The van der Waals surface area contributed by atoms with Gasteiger partial charge in [-0.15, -0.1) is 0 Å². The number of nitrogens with one attached hydrogen (secondary N) is 1. The second-order valence-corrected chi connectivity index (χ2v) is 4.90. The van der Waals surface area contributed by atoms with Gasteiger partial charge in [0.15, 0.2) is 0 Å². The lowest BCUT2D eigenvalue weighted by atomic mass is 10.2. The van der Waals surface area contributed by atoms with E-state index in [9.17, 15) is 9.59 Å². The SMILES string of the molecule is CC(C)(C)OC(=O)n1ncc2nc(NC=O)ccc21. The number of amides is 1. The summed E-state index contributed by atoms with van der Waals surface area (Å²) in [5.74, 6) is 0.395. The molecule has 2 rings (SSSR count). The van der Waals surface area contributed by atoms with E-state index in [2.05, 4.69) is 15.4 Å². The summed E-state index contributed by atoms with van der Waals surface area (Å²) in [5.41, 5.74) is 0.422. The summed E-state index contributed by atoms with van der Waals surface area (Å²) in [7, 11) is 0. The molecule has 0 aromatic carbocycles. The largest absolute Gasteiger partial charge is 0.442 e. The van der Waals surface area contributed by atoms with E-state index in [4.69, 9.17) is 4.74 Å². The van der Waals surface area contributed by atoms with Crippen LogP contribution in [0, 0.1) is 0 Å². The quantitative estimate of drug-likeness (QED) is 0.834. The molecule has 0 unspecified atom stereocenters. The first-order valence-corrected chi connectivity index (χ1v) is 5.69. The normalized spacial score (nSPS) is 11.3. The van der Waals surface area contributed by atoms with Crippen LogP contribution in [0.4, 0.5) is 10.6 Å². The average Bonchev–Trinajstić information content (AvgIpc) is 2.70. The Balaban J connectivity index is 2.35. The highest BCUT2D eigenvalue weighted by Crippen LogP contribution is 2.16. The zero-order valence-electron chi connectivity index (χ0n) is 10.9. The van der Waals surface area contributed by atoms with E-state index in [0.29, 0.717) is 23.3 Å². The van der Waals surface area contributed by atoms with Gasteiger partial charge in [0.05, 0.1) is 11.7 Å². The molecule has 1 amide bonds. The summed E-state index contributed by atoms with van der Waals surface area (Å²) in [4.78, 5) is 26.4. The van der Waals surface area contributed by atoms with Crippen molar-refractivity contribution in [1.29, 1.82) is 0 Å². The lowest BCUT2D eigenvalue weighted by Crippen LogP contribution is -2.27. The van der Waals surface area contributed by atoms with Crippen LogP contribution < -0.4 is 5.32 Å². The Morgan fingerprint density at radius 3 is 2.79 bits per heavy atom. The number of fused-ring (bicyclic) bond motifs is 1. The van der Waals surface area contributed by atoms with Crippen LogP contribution in [0.5, 0.6) is 0 Å². The first-order chi connectivity index (χ1) is 8.90. The Morgan fingerprint density at radius 2 is 2.16 bits per heavy atom. The zero-order valence-corrected chi connectivity index (χ0v) is 10.9. The van der Waals surface area contributed by atoms with Crippen LogP contribution in [0.1, 0.15) is 20.8 Å². The zero-order chi connectivity index (χ0) is 14.0. The van der Waals surface area contributed by atoms with E-state index in [1.807, 2.05) is 0 Å². The molecule has 0 saturated heterocycles. The number of carbonyl (C=O) groups is 2. The van der Waals surface area contributed by atoms with Crippen molar-refractivity contribution in [3.63, 3.8) is 0 Å². The minimum absolute atomic E-state index is 0.395. The number of aromatic nitrogens is 3. The fourth-order valence-corrected chi connectivity index (χ4v) is 1.51. The Labute approximate surface area is 109 Å². The summed E-state index contributed by atoms with van der Waals surface area (Å²) in [6, 6.07) is 3.23. The molecular formula is C12H14N4O3. The van der Waals surface area contributed by atoms with Gasteiger partial charge in [-0.1, -0.05) is 0 Å². The summed E-state index contributed by atoms with van der Waals surface area (Å²) in [6.45, 7) is 5.34. The Bertz CT molecular complexity index is 627.